The summed E-state index contributed by atoms with van der Waals surface area (Å²) in [6, 6.07) is 14.1. The van der Waals surface area contributed by atoms with Crippen molar-refractivity contribution >= 4 is 16.7 Å². The van der Waals surface area contributed by atoms with E-state index in [9.17, 15) is 4.79 Å². The van der Waals surface area contributed by atoms with E-state index in [1.54, 1.807) is 0 Å². The van der Waals surface area contributed by atoms with Crippen LogP contribution in [0.2, 0.25) is 0 Å². The molecule has 2 aromatic carbocycles. The van der Waals surface area contributed by atoms with Crippen LogP contribution in [0.25, 0.3) is 10.8 Å². The molecule has 4 heteroatoms. The van der Waals surface area contributed by atoms with Crippen molar-refractivity contribution in [2.24, 2.45) is 11.5 Å². The number of nitrogens with one attached hydrogen (secondary N) is 1. The Bertz CT molecular complexity index is 568. The minimum absolute atomic E-state index is 0.0638. The van der Waals surface area contributed by atoms with Gasteiger partial charge >= 0.3 is 0 Å². The summed E-state index contributed by atoms with van der Waals surface area (Å²) in [6.45, 7) is 0.718. The van der Waals surface area contributed by atoms with E-state index in [1.807, 2.05) is 30.3 Å². The molecule has 1 atom stereocenters. The average Bonchev–Trinajstić information content (AvgIpc) is 2.44. The van der Waals surface area contributed by atoms with Gasteiger partial charge in [0, 0.05) is 19.5 Å². The van der Waals surface area contributed by atoms with E-state index in [1.165, 1.54) is 5.39 Å². The first-order valence-corrected chi connectivity index (χ1v) is 6.43. The molecule has 19 heavy (non-hydrogen) atoms. The third kappa shape index (κ3) is 3.30. The molecule has 4 nitrogen and oxygen atoms in total. The largest absolute Gasteiger partial charge is 0.348 e. The molecule has 0 aliphatic carbocycles. The van der Waals surface area contributed by atoms with E-state index in [-0.39, 0.29) is 11.9 Å². The van der Waals surface area contributed by atoms with Gasteiger partial charge in [-0.25, -0.2) is 0 Å². The van der Waals surface area contributed by atoms with Crippen molar-refractivity contribution < 1.29 is 4.79 Å². The van der Waals surface area contributed by atoms with Crippen molar-refractivity contribution in [3.8, 4) is 0 Å². The van der Waals surface area contributed by atoms with Crippen LogP contribution in [0.15, 0.2) is 42.5 Å². The fourth-order valence-corrected chi connectivity index (χ4v) is 2.10. The molecule has 2 rings (SSSR count). The van der Waals surface area contributed by atoms with Crippen LogP contribution in [0.3, 0.4) is 0 Å². The zero-order valence-corrected chi connectivity index (χ0v) is 10.8. The molecule has 0 fully saturated rings. The number of carbonyl (C=O) groups excluding carboxylic acids is 1. The molecule has 2 aromatic rings. The van der Waals surface area contributed by atoms with Crippen molar-refractivity contribution in [3.05, 3.63) is 48.0 Å². The van der Waals surface area contributed by atoms with Gasteiger partial charge in [-0.2, -0.15) is 0 Å². The van der Waals surface area contributed by atoms with Gasteiger partial charge in [0.2, 0.25) is 5.91 Å². The lowest BCUT2D eigenvalue weighted by molar-refractivity contribution is -0.121. The molecule has 0 heterocycles. The highest BCUT2D eigenvalue weighted by atomic mass is 16.1. The lowest BCUT2D eigenvalue weighted by Gasteiger charge is -2.17. The number of hydrogen-bond acceptors (Lipinski definition) is 3. The van der Waals surface area contributed by atoms with Crippen LogP contribution >= 0.6 is 0 Å². The van der Waals surface area contributed by atoms with E-state index >= 15 is 0 Å². The molecule has 0 aromatic heterocycles. The second-order valence-corrected chi connectivity index (χ2v) is 4.50. The molecule has 100 valence electrons. The van der Waals surface area contributed by atoms with Crippen LogP contribution in [0, 0.1) is 0 Å². The molecular weight excluding hydrogens is 238 g/mol. The van der Waals surface area contributed by atoms with Gasteiger partial charge in [0.15, 0.2) is 0 Å². The zero-order valence-electron chi connectivity index (χ0n) is 10.8. The Balaban J connectivity index is 2.22. The summed E-state index contributed by atoms with van der Waals surface area (Å²) in [5, 5.41) is 5.23. The Kier molecular flexibility index (Phi) is 4.49. The standard InChI is InChI=1S/C15H19N3O/c16-8-7-15(19)18-14(10-17)13-6-5-11-3-1-2-4-12(11)9-13/h1-6,9,14H,7-8,10,16-17H2,(H,18,19). The predicted molar refractivity (Wildman–Crippen MR) is 77.6 cm³/mol. The number of benzene rings is 2. The van der Waals surface area contributed by atoms with Gasteiger partial charge in [0.05, 0.1) is 6.04 Å². The monoisotopic (exact) mass is 257 g/mol. The highest BCUT2D eigenvalue weighted by Gasteiger charge is 2.12. The fraction of sp³-hybridized carbons (Fsp3) is 0.267. The first kappa shape index (κ1) is 13.5. The van der Waals surface area contributed by atoms with Crippen LogP contribution < -0.4 is 16.8 Å². The summed E-state index contributed by atoms with van der Waals surface area (Å²) in [5.41, 5.74) is 12.1. The zero-order chi connectivity index (χ0) is 13.7. The lowest BCUT2D eigenvalue weighted by atomic mass is 10.0. The van der Waals surface area contributed by atoms with Gasteiger partial charge in [0.25, 0.3) is 0 Å². The normalized spacial score (nSPS) is 12.3. The van der Waals surface area contributed by atoms with Crippen molar-refractivity contribution in [2.75, 3.05) is 13.1 Å². The van der Waals surface area contributed by atoms with Gasteiger partial charge in [-0.1, -0.05) is 36.4 Å². The van der Waals surface area contributed by atoms with Crippen molar-refractivity contribution in [1.82, 2.24) is 5.32 Å². The van der Waals surface area contributed by atoms with E-state index in [0.717, 1.165) is 10.9 Å². The number of amides is 1. The van der Waals surface area contributed by atoms with Gasteiger partial charge in [-0.15, -0.1) is 0 Å². The summed E-state index contributed by atoms with van der Waals surface area (Å²) in [6.07, 6.45) is 0.323. The number of nitrogens with two attached hydrogens (primary N) is 2. The Hall–Kier alpha value is -1.91. The summed E-state index contributed by atoms with van der Waals surface area (Å²) in [5.74, 6) is -0.0638. The highest BCUT2D eigenvalue weighted by Crippen LogP contribution is 2.20. The van der Waals surface area contributed by atoms with Crippen LogP contribution in [-0.4, -0.2) is 19.0 Å². The van der Waals surface area contributed by atoms with Crippen molar-refractivity contribution in [1.29, 1.82) is 0 Å². The molecule has 0 aliphatic rings. The third-order valence-corrected chi connectivity index (χ3v) is 3.12. The minimum Gasteiger partial charge on any atom is -0.348 e. The molecule has 0 saturated heterocycles. The Morgan fingerprint density at radius 3 is 2.53 bits per heavy atom. The molecule has 1 unspecified atom stereocenters. The second kappa shape index (κ2) is 6.31. The maximum Gasteiger partial charge on any atom is 0.221 e. The SMILES string of the molecule is NCCC(=O)NC(CN)c1ccc2ccccc2c1. The quantitative estimate of drug-likeness (QED) is 0.755. The number of fused-ring (bicyclic) bond motifs is 1. The Labute approximate surface area is 112 Å². The number of rotatable bonds is 5. The topological polar surface area (TPSA) is 81.1 Å². The van der Waals surface area contributed by atoms with Crippen LogP contribution in [0.4, 0.5) is 0 Å². The second-order valence-electron chi connectivity index (χ2n) is 4.50. The minimum atomic E-state index is -0.163. The van der Waals surface area contributed by atoms with E-state index < -0.39 is 0 Å². The van der Waals surface area contributed by atoms with Gasteiger partial charge in [-0.3, -0.25) is 4.79 Å². The molecule has 0 spiro atoms. The smallest absolute Gasteiger partial charge is 0.221 e. The van der Waals surface area contributed by atoms with Gasteiger partial charge < -0.3 is 16.8 Å². The van der Waals surface area contributed by atoms with Crippen LogP contribution in [0.1, 0.15) is 18.0 Å². The highest BCUT2D eigenvalue weighted by molar-refractivity contribution is 5.83. The first-order valence-electron chi connectivity index (χ1n) is 6.43. The van der Waals surface area contributed by atoms with Crippen LogP contribution in [0.5, 0.6) is 0 Å². The maximum absolute atomic E-state index is 11.6. The Morgan fingerprint density at radius 2 is 1.84 bits per heavy atom. The number of carbonyl (C=O) groups is 1. The summed E-state index contributed by atoms with van der Waals surface area (Å²) in [4.78, 5) is 11.6. The third-order valence-electron chi connectivity index (χ3n) is 3.12. The first-order chi connectivity index (χ1) is 9.24. The lowest BCUT2D eigenvalue weighted by Crippen LogP contribution is -2.34. The molecule has 0 radical (unpaired) electrons. The van der Waals surface area contributed by atoms with E-state index in [4.69, 9.17) is 11.5 Å². The van der Waals surface area contributed by atoms with Gasteiger partial charge in [0.1, 0.15) is 0 Å². The van der Waals surface area contributed by atoms with Gasteiger partial charge in [-0.05, 0) is 22.4 Å². The fourth-order valence-electron chi connectivity index (χ4n) is 2.10. The average molecular weight is 257 g/mol. The molecular formula is C15H19N3O. The van der Waals surface area contributed by atoms with Crippen LogP contribution in [-0.2, 0) is 4.79 Å². The maximum atomic E-state index is 11.6. The summed E-state index contributed by atoms with van der Waals surface area (Å²) in [7, 11) is 0. The molecule has 1 amide bonds. The molecule has 0 saturated carbocycles. The summed E-state index contributed by atoms with van der Waals surface area (Å²) < 4.78 is 0. The van der Waals surface area contributed by atoms with Crippen molar-refractivity contribution in [2.45, 2.75) is 12.5 Å². The molecule has 5 N–H and O–H groups in total. The molecule has 0 bridgehead atoms. The van der Waals surface area contributed by atoms with Crippen molar-refractivity contribution in [3.63, 3.8) is 0 Å². The predicted octanol–water partition coefficient (Wildman–Crippen LogP) is 1.30. The van der Waals surface area contributed by atoms with E-state index in [0.29, 0.717) is 19.5 Å². The number of hydrogen-bond donors (Lipinski definition) is 3. The van der Waals surface area contributed by atoms with E-state index in [2.05, 4.69) is 17.4 Å². The Morgan fingerprint density at radius 1 is 1.11 bits per heavy atom. The summed E-state index contributed by atoms with van der Waals surface area (Å²) >= 11 is 0. The molecule has 0 aliphatic heterocycles.